The van der Waals surface area contributed by atoms with Crippen molar-refractivity contribution < 1.29 is 38.1 Å². The Kier molecular flexibility index (Phi) is 5.96. The molecule has 4 rings (SSSR count). The van der Waals surface area contributed by atoms with Crippen molar-refractivity contribution in [2.24, 2.45) is 11.3 Å². The van der Waals surface area contributed by atoms with Crippen LogP contribution >= 0.6 is 0 Å². The summed E-state index contributed by atoms with van der Waals surface area (Å²) in [5, 5.41) is 0. The number of rotatable bonds is 6. The summed E-state index contributed by atoms with van der Waals surface area (Å²) in [5.41, 5.74) is 1.13. The van der Waals surface area contributed by atoms with E-state index in [1.807, 2.05) is 0 Å². The number of carbonyl (C=O) groups excluding carboxylic acids is 3. The fourth-order valence-corrected chi connectivity index (χ4v) is 5.42. The fourth-order valence-electron chi connectivity index (χ4n) is 5.42. The zero-order valence-electron chi connectivity index (χ0n) is 19.3. The molecule has 0 saturated carbocycles. The van der Waals surface area contributed by atoms with Gasteiger partial charge in [0.2, 0.25) is 12.6 Å². The number of cyclic esters (lactones) is 1. The maximum absolute atomic E-state index is 13.0. The lowest BCUT2D eigenvalue weighted by Crippen LogP contribution is -2.42. The molecule has 0 N–H and O–H groups in total. The van der Waals surface area contributed by atoms with E-state index in [0.29, 0.717) is 24.3 Å². The van der Waals surface area contributed by atoms with Crippen LogP contribution in [-0.2, 0) is 38.1 Å². The molecule has 0 radical (unpaired) electrons. The number of esters is 3. The third-order valence-corrected chi connectivity index (χ3v) is 7.18. The van der Waals surface area contributed by atoms with Gasteiger partial charge in [-0.25, -0.2) is 4.79 Å². The number of ether oxygens (including phenoxy) is 5. The Bertz CT molecular complexity index is 871. The minimum Gasteiger partial charge on any atom is -0.455 e. The van der Waals surface area contributed by atoms with Crippen LogP contribution in [0, 0.1) is 11.3 Å². The normalized spacial score (nSPS) is 37.5. The topological polar surface area (TPSA) is 101 Å². The molecule has 4 aliphatic rings. The van der Waals surface area contributed by atoms with Gasteiger partial charge in [-0.15, -0.1) is 0 Å². The first-order valence-electron chi connectivity index (χ1n) is 11.3. The Labute approximate surface area is 188 Å². The summed E-state index contributed by atoms with van der Waals surface area (Å²) in [4.78, 5) is 35.8. The molecule has 176 valence electrons. The van der Waals surface area contributed by atoms with Gasteiger partial charge in [0, 0.05) is 25.8 Å². The van der Waals surface area contributed by atoms with Gasteiger partial charge >= 0.3 is 17.9 Å². The highest BCUT2D eigenvalue weighted by molar-refractivity contribution is 5.85. The second kappa shape index (κ2) is 8.30. The lowest BCUT2D eigenvalue weighted by molar-refractivity contribution is -0.204. The third kappa shape index (κ3) is 4.35. The molecular formula is C24H32O8. The van der Waals surface area contributed by atoms with Crippen LogP contribution < -0.4 is 0 Å². The van der Waals surface area contributed by atoms with E-state index < -0.39 is 42.2 Å². The molecule has 0 aromatic rings. The van der Waals surface area contributed by atoms with E-state index in [1.54, 1.807) is 0 Å². The molecule has 2 saturated heterocycles. The minimum atomic E-state index is -1.07. The van der Waals surface area contributed by atoms with Gasteiger partial charge in [0.15, 0.2) is 5.60 Å². The van der Waals surface area contributed by atoms with E-state index in [-0.39, 0.29) is 11.5 Å². The van der Waals surface area contributed by atoms with Crippen molar-refractivity contribution in [1.29, 1.82) is 0 Å². The van der Waals surface area contributed by atoms with Gasteiger partial charge in [0.05, 0.1) is 0 Å². The number of hydrogen-bond donors (Lipinski definition) is 0. The lowest BCUT2D eigenvalue weighted by atomic mass is 9.66. The van der Waals surface area contributed by atoms with E-state index in [0.717, 1.165) is 19.3 Å². The Morgan fingerprint density at radius 2 is 1.91 bits per heavy atom. The molecule has 0 aromatic heterocycles. The van der Waals surface area contributed by atoms with Crippen LogP contribution in [0.15, 0.2) is 23.3 Å². The van der Waals surface area contributed by atoms with Crippen molar-refractivity contribution in [2.45, 2.75) is 97.1 Å². The molecular weight excluding hydrogens is 416 g/mol. The van der Waals surface area contributed by atoms with Gasteiger partial charge in [-0.2, -0.15) is 0 Å². The van der Waals surface area contributed by atoms with Crippen molar-refractivity contribution in [3.05, 3.63) is 23.3 Å². The first-order valence-corrected chi connectivity index (χ1v) is 11.3. The number of allylic oxidation sites excluding steroid dienone is 2. The molecule has 1 aliphatic carbocycles. The summed E-state index contributed by atoms with van der Waals surface area (Å²) >= 11 is 0. The lowest BCUT2D eigenvalue weighted by Gasteiger charge is -2.39. The summed E-state index contributed by atoms with van der Waals surface area (Å²) in [6, 6.07) is 0. The predicted molar refractivity (Wildman–Crippen MR) is 112 cm³/mol. The molecule has 6 atom stereocenters. The first kappa shape index (κ1) is 23.0. The summed E-state index contributed by atoms with van der Waals surface area (Å²) < 4.78 is 27.4. The zero-order chi connectivity index (χ0) is 23.3. The molecule has 0 bridgehead atoms. The monoisotopic (exact) mass is 448 g/mol. The van der Waals surface area contributed by atoms with E-state index in [4.69, 9.17) is 23.7 Å². The average molecular weight is 449 g/mol. The maximum atomic E-state index is 13.0. The van der Waals surface area contributed by atoms with Crippen LogP contribution in [-0.4, -0.2) is 48.3 Å². The molecule has 3 aliphatic heterocycles. The highest BCUT2D eigenvalue weighted by atomic mass is 16.8. The van der Waals surface area contributed by atoms with Crippen LogP contribution in [0.5, 0.6) is 0 Å². The number of epoxide rings is 1. The van der Waals surface area contributed by atoms with Gasteiger partial charge in [0.25, 0.3) is 0 Å². The second-order valence-electron chi connectivity index (χ2n) is 9.91. The van der Waals surface area contributed by atoms with Gasteiger partial charge in [-0.05, 0) is 50.0 Å². The molecule has 3 heterocycles. The Morgan fingerprint density at radius 1 is 1.19 bits per heavy atom. The Balaban J connectivity index is 1.43. The molecule has 8 heteroatoms. The zero-order valence-corrected chi connectivity index (χ0v) is 19.3. The molecule has 0 unspecified atom stereocenters. The number of carbonyl (C=O) groups is 3. The van der Waals surface area contributed by atoms with Crippen LogP contribution in [0.4, 0.5) is 0 Å². The third-order valence-electron chi connectivity index (χ3n) is 7.18. The van der Waals surface area contributed by atoms with Gasteiger partial charge in [-0.3, -0.25) is 14.3 Å². The smallest absolute Gasteiger partial charge is 0.341 e. The van der Waals surface area contributed by atoms with Crippen LogP contribution in [0.1, 0.15) is 66.7 Å². The van der Waals surface area contributed by atoms with Crippen molar-refractivity contribution in [2.75, 3.05) is 0 Å². The van der Waals surface area contributed by atoms with Crippen molar-refractivity contribution >= 4 is 17.9 Å². The van der Waals surface area contributed by atoms with Crippen LogP contribution in [0.25, 0.3) is 0 Å². The number of fused-ring (bicyclic) bond motifs is 1. The molecule has 0 aromatic carbocycles. The largest absolute Gasteiger partial charge is 0.455 e. The molecule has 0 spiro atoms. The second-order valence-corrected chi connectivity index (χ2v) is 9.91. The quantitative estimate of drug-likeness (QED) is 0.264. The highest BCUT2D eigenvalue weighted by Crippen LogP contribution is 2.52. The van der Waals surface area contributed by atoms with E-state index in [2.05, 4.69) is 26.8 Å². The van der Waals surface area contributed by atoms with Gasteiger partial charge < -0.3 is 18.9 Å². The van der Waals surface area contributed by atoms with Gasteiger partial charge in [-0.1, -0.05) is 25.5 Å². The van der Waals surface area contributed by atoms with Crippen molar-refractivity contribution in [3.8, 4) is 0 Å². The van der Waals surface area contributed by atoms with E-state index >= 15 is 0 Å². The Morgan fingerprint density at radius 3 is 2.53 bits per heavy atom. The summed E-state index contributed by atoms with van der Waals surface area (Å²) in [7, 11) is 0. The first-order chi connectivity index (χ1) is 15.0. The van der Waals surface area contributed by atoms with Crippen LogP contribution in [0.2, 0.25) is 0 Å². The van der Waals surface area contributed by atoms with Crippen molar-refractivity contribution in [1.82, 2.24) is 0 Å². The van der Waals surface area contributed by atoms with Crippen LogP contribution in [0.3, 0.4) is 0 Å². The minimum absolute atomic E-state index is 0.190. The maximum Gasteiger partial charge on any atom is 0.341 e. The molecule has 8 nitrogen and oxygen atoms in total. The summed E-state index contributed by atoms with van der Waals surface area (Å²) in [6.07, 6.45) is 4.98. The molecule has 2 fully saturated rings. The molecule has 32 heavy (non-hydrogen) atoms. The van der Waals surface area contributed by atoms with E-state index in [1.165, 1.54) is 25.5 Å². The fraction of sp³-hybridized carbons (Fsp3) is 0.708. The number of hydrogen-bond acceptors (Lipinski definition) is 8. The predicted octanol–water partition coefficient (Wildman–Crippen LogP) is 3.34. The standard InChI is InChI=1S/C24H32O8/c1-13-7-6-9-23(4,5)17(13)8-10-24-19(32-24)12-18(30-22(24)27)16-11-20(28-14(2)25)31-21(16)29-15(3)26/h7,11,17-21H,6,8-10,12H2,1-5H3/t17-,18-,19-,20+,21+,24-/m1/s1. The SMILES string of the molecule is CC(=O)O[C@@H]1C=C([C@H]2C[C@H]3O[C@@]3(CC[C@@H]3C(C)=CCCC3(C)C)C(=O)O2)[C@@H](OC(C)=O)O1. The average Bonchev–Trinajstić information content (AvgIpc) is 3.26. The molecule has 0 amide bonds. The summed E-state index contributed by atoms with van der Waals surface area (Å²) in [5.74, 6) is -1.08. The van der Waals surface area contributed by atoms with Crippen molar-refractivity contribution in [3.63, 3.8) is 0 Å². The van der Waals surface area contributed by atoms with E-state index in [9.17, 15) is 14.4 Å². The highest BCUT2D eigenvalue weighted by Gasteiger charge is 2.67. The van der Waals surface area contributed by atoms with Gasteiger partial charge in [0.1, 0.15) is 12.2 Å². The summed E-state index contributed by atoms with van der Waals surface area (Å²) in [6.45, 7) is 9.25. The Hall–Kier alpha value is -2.19.